The standard InChI is InChI=1S/C11H12ClN3/c1-8-9(12)3-2-4-10(8)15-7-11-13-5-6-14-11/h2-6,15H,7H2,1H3,(H,13,14). The van der Waals surface area contributed by atoms with Crippen molar-refractivity contribution < 1.29 is 0 Å². The first kappa shape index (κ1) is 10.1. The van der Waals surface area contributed by atoms with Gasteiger partial charge >= 0.3 is 0 Å². The first-order chi connectivity index (χ1) is 7.27. The van der Waals surface area contributed by atoms with Crippen LogP contribution in [0.5, 0.6) is 0 Å². The Balaban J connectivity index is 2.08. The van der Waals surface area contributed by atoms with Gasteiger partial charge in [-0.05, 0) is 24.6 Å². The number of anilines is 1. The van der Waals surface area contributed by atoms with Gasteiger partial charge in [-0.15, -0.1) is 0 Å². The van der Waals surface area contributed by atoms with E-state index in [1.165, 1.54) is 0 Å². The van der Waals surface area contributed by atoms with Gasteiger partial charge in [-0.1, -0.05) is 17.7 Å². The Morgan fingerprint density at radius 2 is 2.33 bits per heavy atom. The van der Waals surface area contributed by atoms with Crippen LogP contribution in [0.2, 0.25) is 5.02 Å². The minimum absolute atomic E-state index is 0.675. The lowest BCUT2D eigenvalue weighted by Crippen LogP contribution is -2.02. The largest absolute Gasteiger partial charge is 0.378 e. The van der Waals surface area contributed by atoms with Crippen LogP contribution in [0.1, 0.15) is 11.4 Å². The molecule has 0 fully saturated rings. The van der Waals surface area contributed by atoms with E-state index in [4.69, 9.17) is 11.6 Å². The average molecular weight is 222 g/mol. The van der Waals surface area contributed by atoms with Gasteiger partial charge in [-0.2, -0.15) is 0 Å². The molecule has 0 atom stereocenters. The molecule has 1 aromatic heterocycles. The highest BCUT2D eigenvalue weighted by molar-refractivity contribution is 6.31. The van der Waals surface area contributed by atoms with Gasteiger partial charge in [0.2, 0.25) is 0 Å². The third-order valence-electron chi connectivity index (χ3n) is 2.27. The van der Waals surface area contributed by atoms with E-state index in [1.54, 1.807) is 6.20 Å². The maximum absolute atomic E-state index is 6.01. The summed E-state index contributed by atoms with van der Waals surface area (Å²) in [6.07, 6.45) is 3.55. The number of aromatic nitrogens is 2. The Kier molecular flexibility index (Phi) is 2.92. The number of rotatable bonds is 3. The Hall–Kier alpha value is -1.48. The van der Waals surface area contributed by atoms with E-state index in [-0.39, 0.29) is 0 Å². The summed E-state index contributed by atoms with van der Waals surface area (Å²) in [4.78, 5) is 7.17. The Morgan fingerprint density at radius 3 is 3.07 bits per heavy atom. The van der Waals surface area contributed by atoms with Crippen LogP contribution in [0.25, 0.3) is 0 Å². The molecule has 3 nitrogen and oxygen atoms in total. The molecule has 0 unspecified atom stereocenters. The summed E-state index contributed by atoms with van der Waals surface area (Å²) in [6, 6.07) is 5.82. The van der Waals surface area contributed by atoms with Crippen LogP contribution in [-0.2, 0) is 6.54 Å². The Bertz CT molecular complexity index is 437. The summed E-state index contributed by atoms with van der Waals surface area (Å²) in [7, 11) is 0. The minimum atomic E-state index is 0.675. The van der Waals surface area contributed by atoms with Crippen molar-refractivity contribution in [3.05, 3.63) is 47.0 Å². The molecule has 0 spiro atoms. The van der Waals surface area contributed by atoms with Gasteiger partial charge in [-0.3, -0.25) is 0 Å². The van der Waals surface area contributed by atoms with Crippen molar-refractivity contribution in [2.45, 2.75) is 13.5 Å². The fraction of sp³-hybridized carbons (Fsp3) is 0.182. The van der Waals surface area contributed by atoms with E-state index in [9.17, 15) is 0 Å². The lowest BCUT2D eigenvalue weighted by Gasteiger charge is -2.08. The fourth-order valence-corrected chi connectivity index (χ4v) is 1.55. The van der Waals surface area contributed by atoms with E-state index < -0.39 is 0 Å². The zero-order chi connectivity index (χ0) is 10.7. The monoisotopic (exact) mass is 221 g/mol. The number of benzene rings is 1. The van der Waals surface area contributed by atoms with Crippen LogP contribution in [0.4, 0.5) is 5.69 Å². The Morgan fingerprint density at radius 1 is 1.47 bits per heavy atom. The fourth-order valence-electron chi connectivity index (χ4n) is 1.37. The van der Waals surface area contributed by atoms with Crippen molar-refractivity contribution in [1.29, 1.82) is 0 Å². The predicted molar refractivity (Wildman–Crippen MR) is 62.1 cm³/mol. The highest BCUT2D eigenvalue weighted by Gasteiger charge is 2.01. The van der Waals surface area contributed by atoms with Gasteiger partial charge in [0.05, 0.1) is 6.54 Å². The quantitative estimate of drug-likeness (QED) is 0.837. The second-order valence-corrected chi connectivity index (χ2v) is 3.71. The first-order valence-electron chi connectivity index (χ1n) is 4.74. The third-order valence-corrected chi connectivity index (χ3v) is 2.68. The second kappa shape index (κ2) is 4.36. The first-order valence-corrected chi connectivity index (χ1v) is 5.12. The number of hydrogen-bond acceptors (Lipinski definition) is 2. The lowest BCUT2D eigenvalue weighted by atomic mass is 10.2. The number of halogens is 1. The van der Waals surface area contributed by atoms with Crippen LogP contribution in [0, 0.1) is 6.92 Å². The zero-order valence-corrected chi connectivity index (χ0v) is 9.17. The molecule has 1 heterocycles. The molecule has 1 aromatic carbocycles. The normalized spacial score (nSPS) is 10.3. The van der Waals surface area contributed by atoms with Crippen molar-refractivity contribution in [2.24, 2.45) is 0 Å². The molecule has 2 rings (SSSR count). The van der Waals surface area contributed by atoms with Crippen LogP contribution in [-0.4, -0.2) is 9.97 Å². The predicted octanol–water partition coefficient (Wildman–Crippen LogP) is 2.98. The molecule has 0 aliphatic rings. The maximum atomic E-state index is 6.01. The lowest BCUT2D eigenvalue weighted by molar-refractivity contribution is 0.997. The summed E-state index contributed by atoms with van der Waals surface area (Å²) in [5.74, 6) is 0.911. The third kappa shape index (κ3) is 2.30. The summed E-state index contributed by atoms with van der Waals surface area (Å²) in [6.45, 7) is 2.67. The number of imidazole rings is 1. The molecule has 15 heavy (non-hydrogen) atoms. The van der Waals surface area contributed by atoms with Crippen molar-refractivity contribution in [1.82, 2.24) is 9.97 Å². The topological polar surface area (TPSA) is 40.7 Å². The number of aromatic amines is 1. The molecular weight excluding hydrogens is 210 g/mol. The van der Waals surface area contributed by atoms with Gasteiger partial charge in [0, 0.05) is 23.1 Å². The van der Waals surface area contributed by atoms with Gasteiger partial charge in [0.15, 0.2) is 0 Å². The van der Waals surface area contributed by atoms with E-state index in [0.29, 0.717) is 6.54 Å². The molecule has 2 aromatic rings. The van der Waals surface area contributed by atoms with Crippen LogP contribution in [0.15, 0.2) is 30.6 Å². The molecule has 4 heteroatoms. The van der Waals surface area contributed by atoms with Gasteiger partial charge in [0.1, 0.15) is 5.82 Å². The van der Waals surface area contributed by atoms with Crippen LogP contribution >= 0.6 is 11.6 Å². The van der Waals surface area contributed by atoms with Crippen molar-refractivity contribution in [2.75, 3.05) is 5.32 Å². The highest BCUT2D eigenvalue weighted by Crippen LogP contribution is 2.22. The molecule has 0 radical (unpaired) electrons. The molecular formula is C11H12ClN3. The van der Waals surface area contributed by atoms with Crippen molar-refractivity contribution >= 4 is 17.3 Å². The smallest absolute Gasteiger partial charge is 0.125 e. The van der Waals surface area contributed by atoms with Gasteiger partial charge in [0.25, 0.3) is 0 Å². The number of hydrogen-bond donors (Lipinski definition) is 2. The van der Waals surface area contributed by atoms with E-state index in [2.05, 4.69) is 15.3 Å². The molecule has 0 aliphatic heterocycles. The van der Waals surface area contributed by atoms with Crippen LogP contribution < -0.4 is 5.32 Å². The molecule has 0 saturated carbocycles. The average Bonchev–Trinajstić information content (AvgIpc) is 2.73. The SMILES string of the molecule is Cc1c(Cl)cccc1NCc1ncc[nH]1. The van der Waals surface area contributed by atoms with E-state index in [1.807, 2.05) is 31.3 Å². The Labute approximate surface area is 93.5 Å². The molecule has 0 bridgehead atoms. The second-order valence-electron chi connectivity index (χ2n) is 3.30. The van der Waals surface area contributed by atoms with Gasteiger partial charge < -0.3 is 10.3 Å². The number of nitrogens with one attached hydrogen (secondary N) is 2. The summed E-state index contributed by atoms with van der Waals surface area (Å²) in [5, 5.41) is 4.06. The number of nitrogens with zero attached hydrogens (tertiary/aromatic N) is 1. The molecule has 0 saturated heterocycles. The minimum Gasteiger partial charge on any atom is -0.378 e. The van der Waals surface area contributed by atoms with Crippen molar-refractivity contribution in [3.63, 3.8) is 0 Å². The molecule has 0 amide bonds. The number of H-pyrrole nitrogens is 1. The summed E-state index contributed by atoms with van der Waals surface area (Å²) >= 11 is 6.01. The molecule has 2 N–H and O–H groups in total. The summed E-state index contributed by atoms with van der Waals surface area (Å²) in [5.41, 5.74) is 2.10. The van der Waals surface area contributed by atoms with E-state index in [0.717, 1.165) is 22.1 Å². The van der Waals surface area contributed by atoms with Gasteiger partial charge in [-0.25, -0.2) is 4.98 Å². The molecule has 78 valence electrons. The highest BCUT2D eigenvalue weighted by atomic mass is 35.5. The van der Waals surface area contributed by atoms with Crippen molar-refractivity contribution in [3.8, 4) is 0 Å². The molecule has 0 aliphatic carbocycles. The maximum Gasteiger partial charge on any atom is 0.125 e. The summed E-state index contributed by atoms with van der Waals surface area (Å²) < 4.78 is 0. The van der Waals surface area contributed by atoms with Crippen LogP contribution in [0.3, 0.4) is 0 Å². The zero-order valence-electron chi connectivity index (χ0n) is 8.42. The van der Waals surface area contributed by atoms with E-state index >= 15 is 0 Å².